The Morgan fingerprint density at radius 1 is 1.38 bits per heavy atom. The third-order valence-corrected chi connectivity index (χ3v) is 4.25. The van der Waals surface area contributed by atoms with E-state index in [-0.39, 0.29) is 17.6 Å². The van der Waals surface area contributed by atoms with Crippen molar-refractivity contribution in [2.24, 2.45) is 5.41 Å². The van der Waals surface area contributed by atoms with E-state index in [1.54, 1.807) is 4.90 Å². The Morgan fingerprint density at radius 2 is 2.00 bits per heavy atom. The molecule has 0 spiro atoms. The van der Waals surface area contributed by atoms with Gasteiger partial charge in [0, 0.05) is 32.3 Å². The van der Waals surface area contributed by atoms with Crippen molar-refractivity contribution in [3.8, 4) is 6.07 Å². The van der Waals surface area contributed by atoms with Crippen LogP contribution in [0.3, 0.4) is 0 Å². The van der Waals surface area contributed by atoms with Crippen LogP contribution in [0.25, 0.3) is 0 Å². The maximum Gasteiger partial charge on any atom is 0.410 e. The molecule has 1 saturated heterocycles. The summed E-state index contributed by atoms with van der Waals surface area (Å²) in [6.45, 7) is 13.0. The molecule has 0 bridgehead atoms. The molecule has 0 aromatic carbocycles. The SMILES string of the molecule is CCOCCNC(C)CC1(C#N)CCN(C(=O)OC(C)(C)C)CC1. The zero-order valence-corrected chi connectivity index (χ0v) is 15.9. The lowest BCUT2D eigenvalue weighted by Crippen LogP contribution is -2.46. The molecule has 6 heteroatoms. The number of nitrogens with one attached hydrogen (secondary N) is 1. The van der Waals surface area contributed by atoms with Crippen molar-refractivity contribution in [2.75, 3.05) is 32.8 Å². The van der Waals surface area contributed by atoms with Crippen LogP contribution in [0.5, 0.6) is 0 Å². The lowest BCUT2D eigenvalue weighted by molar-refractivity contribution is 0.0136. The number of ether oxygens (including phenoxy) is 2. The second-order valence-electron chi connectivity index (χ2n) is 7.62. The van der Waals surface area contributed by atoms with Gasteiger partial charge in [0.05, 0.1) is 18.1 Å². The normalized spacial score (nSPS) is 18.8. The highest BCUT2D eigenvalue weighted by Crippen LogP contribution is 2.35. The summed E-state index contributed by atoms with van der Waals surface area (Å²) >= 11 is 0. The van der Waals surface area contributed by atoms with Crippen molar-refractivity contribution in [2.45, 2.75) is 65.5 Å². The first-order chi connectivity index (χ1) is 11.2. The van der Waals surface area contributed by atoms with Gasteiger partial charge in [-0.25, -0.2) is 4.79 Å². The van der Waals surface area contributed by atoms with E-state index in [2.05, 4.69) is 18.3 Å². The number of rotatable bonds is 7. The van der Waals surface area contributed by atoms with Gasteiger partial charge in [0.25, 0.3) is 0 Å². The van der Waals surface area contributed by atoms with Crippen LogP contribution in [-0.4, -0.2) is 55.5 Å². The molecule has 0 aromatic heterocycles. The minimum Gasteiger partial charge on any atom is -0.444 e. The quantitative estimate of drug-likeness (QED) is 0.722. The highest BCUT2D eigenvalue weighted by Gasteiger charge is 2.38. The van der Waals surface area contributed by atoms with Crippen LogP contribution in [0.2, 0.25) is 0 Å². The van der Waals surface area contributed by atoms with Crippen LogP contribution in [-0.2, 0) is 9.47 Å². The molecule has 1 N–H and O–H groups in total. The summed E-state index contributed by atoms with van der Waals surface area (Å²) in [5.74, 6) is 0. The standard InChI is InChI=1S/C18H33N3O3/c1-6-23-12-9-20-15(2)13-18(14-19)7-10-21(11-8-18)16(22)24-17(3,4)5/h15,20H,6-13H2,1-5H3. The summed E-state index contributed by atoms with van der Waals surface area (Å²) in [4.78, 5) is 13.8. The molecular formula is C18H33N3O3. The lowest BCUT2D eigenvalue weighted by atomic mass is 9.75. The third kappa shape index (κ3) is 7.06. The molecule has 1 amide bonds. The Labute approximate surface area is 146 Å². The van der Waals surface area contributed by atoms with Crippen LogP contribution in [0.15, 0.2) is 0 Å². The third-order valence-electron chi connectivity index (χ3n) is 4.25. The first kappa shape index (κ1) is 20.7. The highest BCUT2D eigenvalue weighted by molar-refractivity contribution is 5.68. The van der Waals surface area contributed by atoms with Crippen molar-refractivity contribution in [1.29, 1.82) is 5.26 Å². The molecule has 1 heterocycles. The Balaban J connectivity index is 2.46. The van der Waals surface area contributed by atoms with Gasteiger partial charge < -0.3 is 19.7 Å². The van der Waals surface area contributed by atoms with Gasteiger partial charge in [-0.3, -0.25) is 0 Å². The Morgan fingerprint density at radius 3 is 2.50 bits per heavy atom. The molecule has 24 heavy (non-hydrogen) atoms. The second kappa shape index (κ2) is 9.24. The Bertz CT molecular complexity index is 432. The van der Waals surface area contributed by atoms with Crippen molar-refractivity contribution in [3.63, 3.8) is 0 Å². The number of carbonyl (C=O) groups is 1. The zero-order chi connectivity index (χ0) is 18.2. The summed E-state index contributed by atoms with van der Waals surface area (Å²) in [5.41, 5.74) is -0.851. The fourth-order valence-electron chi connectivity index (χ4n) is 2.99. The van der Waals surface area contributed by atoms with Crippen molar-refractivity contribution in [1.82, 2.24) is 10.2 Å². The molecule has 6 nitrogen and oxygen atoms in total. The molecule has 0 aromatic rings. The van der Waals surface area contributed by atoms with E-state index in [4.69, 9.17) is 9.47 Å². The first-order valence-corrected chi connectivity index (χ1v) is 8.91. The van der Waals surface area contributed by atoms with Gasteiger partial charge >= 0.3 is 6.09 Å². The fourth-order valence-corrected chi connectivity index (χ4v) is 2.99. The maximum atomic E-state index is 12.1. The van der Waals surface area contributed by atoms with Crippen LogP contribution >= 0.6 is 0 Å². The molecule has 138 valence electrons. The summed E-state index contributed by atoms with van der Waals surface area (Å²) in [6, 6.07) is 2.76. The molecule has 1 fully saturated rings. The van der Waals surface area contributed by atoms with Crippen LogP contribution < -0.4 is 5.32 Å². The molecule has 1 unspecified atom stereocenters. The largest absolute Gasteiger partial charge is 0.444 e. The predicted octanol–water partition coefficient (Wildman–Crippen LogP) is 2.93. The van der Waals surface area contributed by atoms with E-state index in [1.807, 2.05) is 27.7 Å². The molecule has 1 aliphatic rings. The van der Waals surface area contributed by atoms with E-state index in [0.29, 0.717) is 32.5 Å². The number of hydrogen-bond acceptors (Lipinski definition) is 5. The number of carbonyl (C=O) groups excluding carboxylic acids is 1. The van der Waals surface area contributed by atoms with E-state index < -0.39 is 5.60 Å². The minimum atomic E-state index is -0.486. The van der Waals surface area contributed by atoms with Gasteiger partial charge in [-0.15, -0.1) is 0 Å². The number of nitrogens with zero attached hydrogens (tertiary/aromatic N) is 2. The number of hydrogen-bond donors (Lipinski definition) is 1. The molecule has 0 saturated carbocycles. The first-order valence-electron chi connectivity index (χ1n) is 8.91. The summed E-state index contributed by atoms with van der Waals surface area (Å²) in [6.07, 6.45) is 1.90. The second-order valence-corrected chi connectivity index (χ2v) is 7.62. The minimum absolute atomic E-state index is 0.248. The van der Waals surface area contributed by atoms with E-state index in [1.165, 1.54) is 0 Å². The van der Waals surface area contributed by atoms with Gasteiger partial charge in [0.2, 0.25) is 0 Å². The van der Waals surface area contributed by atoms with Gasteiger partial charge in [0.1, 0.15) is 5.60 Å². The van der Waals surface area contributed by atoms with E-state index in [9.17, 15) is 10.1 Å². The monoisotopic (exact) mass is 339 g/mol. The van der Waals surface area contributed by atoms with Crippen LogP contribution in [0.1, 0.15) is 53.9 Å². The molecule has 1 aliphatic heterocycles. The van der Waals surface area contributed by atoms with Crippen molar-refractivity contribution >= 4 is 6.09 Å². The predicted molar refractivity (Wildman–Crippen MR) is 93.7 cm³/mol. The molecule has 0 aliphatic carbocycles. The lowest BCUT2D eigenvalue weighted by Gasteiger charge is -2.39. The van der Waals surface area contributed by atoms with E-state index >= 15 is 0 Å². The summed E-state index contributed by atoms with van der Waals surface area (Å²) in [7, 11) is 0. The number of likely N-dealkylation sites (tertiary alicyclic amines) is 1. The zero-order valence-electron chi connectivity index (χ0n) is 15.9. The Kier molecular flexibility index (Phi) is 7.98. The number of piperidine rings is 1. The van der Waals surface area contributed by atoms with Crippen LogP contribution in [0.4, 0.5) is 4.79 Å². The fraction of sp³-hybridized carbons (Fsp3) is 0.889. The average Bonchev–Trinajstić information content (AvgIpc) is 2.50. The molecular weight excluding hydrogens is 306 g/mol. The molecule has 1 atom stereocenters. The summed E-state index contributed by atoms with van der Waals surface area (Å²) in [5, 5.41) is 13.1. The maximum absolute atomic E-state index is 12.1. The highest BCUT2D eigenvalue weighted by atomic mass is 16.6. The van der Waals surface area contributed by atoms with Gasteiger partial charge in [0.15, 0.2) is 0 Å². The summed E-state index contributed by atoms with van der Waals surface area (Å²) < 4.78 is 10.7. The Hall–Kier alpha value is -1.32. The molecule has 1 rings (SSSR count). The van der Waals surface area contributed by atoms with Crippen LogP contribution in [0, 0.1) is 16.7 Å². The van der Waals surface area contributed by atoms with Gasteiger partial charge in [-0.05, 0) is 53.9 Å². The number of amides is 1. The molecule has 0 radical (unpaired) electrons. The smallest absolute Gasteiger partial charge is 0.410 e. The number of nitriles is 1. The van der Waals surface area contributed by atoms with Crippen molar-refractivity contribution in [3.05, 3.63) is 0 Å². The van der Waals surface area contributed by atoms with Gasteiger partial charge in [-0.2, -0.15) is 5.26 Å². The average molecular weight is 339 g/mol. The van der Waals surface area contributed by atoms with Gasteiger partial charge in [-0.1, -0.05) is 0 Å². The topological polar surface area (TPSA) is 74.6 Å². The van der Waals surface area contributed by atoms with E-state index in [0.717, 1.165) is 19.6 Å². The van der Waals surface area contributed by atoms with Crippen molar-refractivity contribution < 1.29 is 14.3 Å².